The summed E-state index contributed by atoms with van der Waals surface area (Å²) >= 11 is 6.12. The summed E-state index contributed by atoms with van der Waals surface area (Å²) in [7, 11) is 0. The van der Waals surface area contributed by atoms with E-state index in [1.807, 2.05) is 24.3 Å². The highest BCUT2D eigenvalue weighted by molar-refractivity contribution is 6.30. The number of carbonyl (C=O) groups excluding carboxylic acids is 1. The normalized spacial score (nSPS) is 15.2. The molecule has 3 aromatic carbocycles. The average Bonchev–Trinajstić information content (AvgIpc) is 2.81. The number of aromatic carboxylic acids is 1. The van der Waals surface area contributed by atoms with Crippen LogP contribution in [0.3, 0.4) is 0 Å². The average molecular weight is 464 g/mol. The van der Waals surface area contributed by atoms with Gasteiger partial charge in [-0.15, -0.1) is 0 Å². The van der Waals surface area contributed by atoms with Crippen molar-refractivity contribution < 1.29 is 14.7 Å². The number of hydrogen-bond donors (Lipinski definition) is 2. The minimum absolute atomic E-state index is 0.0912. The van der Waals surface area contributed by atoms with E-state index in [0.29, 0.717) is 10.7 Å². The van der Waals surface area contributed by atoms with Crippen molar-refractivity contribution in [3.8, 4) is 0 Å². The van der Waals surface area contributed by atoms with Crippen molar-refractivity contribution in [3.05, 3.63) is 94.5 Å². The third-order valence-corrected chi connectivity index (χ3v) is 6.14. The number of benzene rings is 3. The van der Waals surface area contributed by atoms with Crippen molar-refractivity contribution in [3.63, 3.8) is 0 Å². The summed E-state index contributed by atoms with van der Waals surface area (Å²) in [4.78, 5) is 27.8. The zero-order valence-corrected chi connectivity index (χ0v) is 19.1. The number of anilines is 2. The van der Waals surface area contributed by atoms with Crippen LogP contribution in [0.2, 0.25) is 5.02 Å². The standard InChI is InChI=1S/C26H26ClN3O3/c1-18(31)28-24-12-11-22(17-23(24)26(32)33)29-13-15-30(16-14-29)25(19-5-3-2-4-6-19)20-7-9-21(27)10-8-20/h2-12,17,25H,13-16H2,1H3,(H,28,31)(H,32,33). The maximum absolute atomic E-state index is 11.7. The summed E-state index contributed by atoms with van der Waals surface area (Å²) in [6.45, 7) is 4.52. The fourth-order valence-corrected chi connectivity index (χ4v) is 4.46. The molecule has 1 unspecified atom stereocenters. The first kappa shape index (κ1) is 22.8. The van der Waals surface area contributed by atoms with Gasteiger partial charge in [-0.25, -0.2) is 4.79 Å². The number of halogens is 1. The van der Waals surface area contributed by atoms with Gasteiger partial charge in [0.2, 0.25) is 5.91 Å². The highest BCUT2D eigenvalue weighted by Gasteiger charge is 2.27. The molecule has 0 spiro atoms. The fourth-order valence-electron chi connectivity index (χ4n) is 4.34. The molecule has 4 rings (SSSR count). The Morgan fingerprint density at radius 1 is 0.909 bits per heavy atom. The smallest absolute Gasteiger partial charge is 0.337 e. The predicted octanol–water partition coefficient (Wildman–Crippen LogP) is 4.91. The molecule has 7 heteroatoms. The molecular weight excluding hydrogens is 438 g/mol. The molecule has 1 heterocycles. The largest absolute Gasteiger partial charge is 0.478 e. The van der Waals surface area contributed by atoms with E-state index in [2.05, 4.69) is 51.5 Å². The Kier molecular flexibility index (Phi) is 6.96. The summed E-state index contributed by atoms with van der Waals surface area (Å²) in [5.41, 5.74) is 3.65. The van der Waals surface area contributed by atoms with Gasteiger partial charge in [0.15, 0.2) is 0 Å². The van der Waals surface area contributed by atoms with Crippen molar-refractivity contribution >= 4 is 34.9 Å². The van der Waals surface area contributed by atoms with E-state index < -0.39 is 5.97 Å². The summed E-state index contributed by atoms with van der Waals surface area (Å²) in [6, 6.07) is 23.7. The molecule has 1 saturated heterocycles. The van der Waals surface area contributed by atoms with Crippen molar-refractivity contribution in [2.24, 2.45) is 0 Å². The third kappa shape index (κ3) is 5.35. The fraction of sp³-hybridized carbons (Fsp3) is 0.231. The molecule has 1 amide bonds. The van der Waals surface area contributed by atoms with Crippen LogP contribution in [0.4, 0.5) is 11.4 Å². The molecule has 0 bridgehead atoms. The van der Waals surface area contributed by atoms with Crippen LogP contribution in [0, 0.1) is 0 Å². The maximum atomic E-state index is 11.7. The number of carbonyl (C=O) groups is 2. The molecule has 1 aliphatic heterocycles. The monoisotopic (exact) mass is 463 g/mol. The van der Waals surface area contributed by atoms with Crippen molar-refractivity contribution in [1.82, 2.24) is 4.90 Å². The summed E-state index contributed by atoms with van der Waals surface area (Å²) in [5.74, 6) is -1.36. The molecule has 33 heavy (non-hydrogen) atoms. The van der Waals surface area contributed by atoms with Crippen molar-refractivity contribution in [1.29, 1.82) is 0 Å². The topological polar surface area (TPSA) is 72.9 Å². The summed E-state index contributed by atoms with van der Waals surface area (Å²) in [6.07, 6.45) is 0. The quantitative estimate of drug-likeness (QED) is 0.543. The number of carboxylic acid groups (broad SMARTS) is 1. The second-order valence-corrected chi connectivity index (χ2v) is 8.54. The first-order valence-electron chi connectivity index (χ1n) is 10.9. The van der Waals surface area contributed by atoms with Gasteiger partial charge in [0.25, 0.3) is 0 Å². The lowest BCUT2D eigenvalue weighted by atomic mass is 9.96. The van der Waals surface area contributed by atoms with Gasteiger partial charge in [-0.05, 0) is 41.5 Å². The summed E-state index contributed by atoms with van der Waals surface area (Å²) in [5, 5.41) is 12.9. The Hall–Kier alpha value is -3.35. The van der Waals surface area contributed by atoms with Gasteiger partial charge in [-0.2, -0.15) is 0 Å². The van der Waals surface area contributed by atoms with Crippen LogP contribution in [0.15, 0.2) is 72.8 Å². The molecule has 0 saturated carbocycles. The van der Waals surface area contributed by atoms with Gasteiger partial charge >= 0.3 is 5.97 Å². The second-order valence-electron chi connectivity index (χ2n) is 8.10. The molecule has 170 valence electrons. The number of hydrogen-bond acceptors (Lipinski definition) is 4. The number of piperazine rings is 1. The predicted molar refractivity (Wildman–Crippen MR) is 131 cm³/mol. The first-order chi connectivity index (χ1) is 15.9. The van der Waals surface area contributed by atoms with E-state index in [-0.39, 0.29) is 17.5 Å². The number of carboxylic acids is 1. The zero-order valence-electron chi connectivity index (χ0n) is 18.4. The molecule has 0 aliphatic carbocycles. The van der Waals surface area contributed by atoms with E-state index in [1.165, 1.54) is 18.1 Å². The minimum Gasteiger partial charge on any atom is -0.478 e. The lowest BCUT2D eigenvalue weighted by Gasteiger charge is -2.40. The Morgan fingerprint density at radius 3 is 2.15 bits per heavy atom. The van der Waals surface area contributed by atoms with Crippen LogP contribution in [-0.4, -0.2) is 48.1 Å². The van der Waals surface area contributed by atoms with Crippen LogP contribution < -0.4 is 10.2 Å². The van der Waals surface area contributed by atoms with Crippen LogP contribution in [0.5, 0.6) is 0 Å². The number of nitrogens with zero attached hydrogens (tertiary/aromatic N) is 2. The summed E-state index contributed by atoms with van der Waals surface area (Å²) < 4.78 is 0. The SMILES string of the molecule is CC(=O)Nc1ccc(N2CCN(C(c3ccccc3)c3ccc(Cl)cc3)CC2)cc1C(=O)O. The van der Waals surface area contributed by atoms with E-state index in [9.17, 15) is 14.7 Å². The van der Waals surface area contributed by atoms with E-state index in [1.54, 1.807) is 12.1 Å². The molecule has 6 nitrogen and oxygen atoms in total. The van der Waals surface area contributed by atoms with E-state index in [4.69, 9.17) is 11.6 Å². The first-order valence-corrected chi connectivity index (χ1v) is 11.2. The molecule has 0 aromatic heterocycles. The maximum Gasteiger partial charge on any atom is 0.337 e. The van der Waals surface area contributed by atoms with Crippen LogP contribution in [0.25, 0.3) is 0 Å². The molecule has 1 atom stereocenters. The van der Waals surface area contributed by atoms with Gasteiger partial charge in [-0.1, -0.05) is 54.1 Å². The Bertz CT molecular complexity index is 1130. The highest BCUT2D eigenvalue weighted by atomic mass is 35.5. The molecule has 1 fully saturated rings. The molecular formula is C26H26ClN3O3. The van der Waals surface area contributed by atoms with Gasteiger partial charge in [0, 0.05) is 43.8 Å². The Morgan fingerprint density at radius 2 is 1.55 bits per heavy atom. The molecule has 3 aromatic rings. The van der Waals surface area contributed by atoms with Gasteiger partial charge in [0.05, 0.1) is 17.3 Å². The van der Waals surface area contributed by atoms with Crippen molar-refractivity contribution in [2.75, 3.05) is 36.4 Å². The Labute approximate surface area is 198 Å². The number of rotatable bonds is 6. The lowest BCUT2D eigenvalue weighted by Crippen LogP contribution is -2.48. The molecule has 2 N–H and O–H groups in total. The molecule has 0 radical (unpaired) electrons. The Balaban J connectivity index is 1.54. The van der Waals surface area contributed by atoms with Crippen molar-refractivity contribution in [2.45, 2.75) is 13.0 Å². The van der Waals surface area contributed by atoms with E-state index >= 15 is 0 Å². The lowest BCUT2D eigenvalue weighted by molar-refractivity contribution is -0.114. The molecule has 1 aliphatic rings. The third-order valence-electron chi connectivity index (χ3n) is 5.89. The van der Waals surface area contributed by atoms with E-state index in [0.717, 1.165) is 31.9 Å². The highest BCUT2D eigenvalue weighted by Crippen LogP contribution is 2.32. The van der Waals surface area contributed by atoms with Gasteiger partial charge < -0.3 is 15.3 Å². The minimum atomic E-state index is -1.06. The second kappa shape index (κ2) is 10.1. The van der Waals surface area contributed by atoms with Gasteiger partial charge in [0.1, 0.15) is 0 Å². The van der Waals surface area contributed by atoms with Crippen LogP contribution >= 0.6 is 11.6 Å². The zero-order chi connectivity index (χ0) is 23.4. The van der Waals surface area contributed by atoms with Crippen LogP contribution in [0.1, 0.15) is 34.5 Å². The van der Waals surface area contributed by atoms with Gasteiger partial charge in [-0.3, -0.25) is 9.69 Å². The number of amides is 1. The van der Waals surface area contributed by atoms with Crippen LogP contribution in [-0.2, 0) is 4.79 Å². The number of nitrogens with one attached hydrogen (secondary N) is 1.